The summed E-state index contributed by atoms with van der Waals surface area (Å²) in [7, 11) is 1.62. The Morgan fingerprint density at radius 1 is 1.33 bits per heavy atom. The van der Waals surface area contributed by atoms with Gasteiger partial charge in [-0.15, -0.1) is 0 Å². The maximum Gasteiger partial charge on any atom is 0.433 e. The molecule has 1 aliphatic carbocycles. The van der Waals surface area contributed by atoms with Gasteiger partial charge >= 0.3 is 6.18 Å². The van der Waals surface area contributed by atoms with Crippen LogP contribution in [0.1, 0.15) is 24.6 Å². The summed E-state index contributed by atoms with van der Waals surface area (Å²) in [5.74, 6) is 0.300. The summed E-state index contributed by atoms with van der Waals surface area (Å²) < 4.78 is 55.1. The van der Waals surface area contributed by atoms with Crippen LogP contribution >= 0.6 is 23.2 Å². The highest BCUT2D eigenvalue weighted by atomic mass is 35.5. The molecule has 3 aromatic heterocycles. The smallest absolute Gasteiger partial charge is 0.433 e. The first-order valence-corrected chi connectivity index (χ1v) is 12.4. The molecule has 6 rings (SSSR count). The van der Waals surface area contributed by atoms with Crippen molar-refractivity contribution in [2.45, 2.75) is 25.1 Å². The largest absolute Gasteiger partial charge is 0.450 e. The molecule has 0 aromatic carbocycles. The molecule has 204 valence electrons. The zero-order valence-electron chi connectivity index (χ0n) is 20.2. The Hall–Kier alpha value is -3.62. The Bertz CT molecular complexity index is 1580. The second-order valence-corrected chi connectivity index (χ2v) is 10.2. The maximum absolute atomic E-state index is 13.8. The molecule has 0 unspecified atom stereocenters. The van der Waals surface area contributed by atoms with Gasteiger partial charge < -0.3 is 30.1 Å². The first-order valence-electron chi connectivity index (χ1n) is 11.7. The Morgan fingerprint density at radius 3 is 2.74 bits per heavy atom. The van der Waals surface area contributed by atoms with E-state index in [9.17, 15) is 13.2 Å². The van der Waals surface area contributed by atoms with E-state index in [1.54, 1.807) is 7.05 Å². The predicted octanol–water partition coefficient (Wildman–Crippen LogP) is 4.88. The fourth-order valence-electron chi connectivity index (χ4n) is 4.89. The monoisotopic (exact) mass is 581 g/mol. The van der Waals surface area contributed by atoms with Crippen molar-refractivity contribution in [3.8, 4) is 5.75 Å². The number of hydrogen-bond acceptors (Lipinski definition) is 9. The van der Waals surface area contributed by atoms with E-state index < -0.39 is 11.9 Å². The number of nitrogens with zero attached hydrogens (tertiary/aromatic N) is 6. The maximum atomic E-state index is 13.8. The molecule has 1 spiro atoms. The minimum absolute atomic E-state index is 0.0136. The van der Waals surface area contributed by atoms with Gasteiger partial charge in [-0.2, -0.15) is 23.3 Å². The number of fused-ring (bicyclic) bond motifs is 1. The average molecular weight is 582 g/mol. The molecule has 0 bridgehead atoms. The number of aromatic nitrogens is 5. The van der Waals surface area contributed by atoms with Gasteiger partial charge in [0.25, 0.3) is 0 Å². The van der Waals surface area contributed by atoms with E-state index in [2.05, 4.69) is 30.7 Å². The lowest BCUT2D eigenvalue weighted by Crippen LogP contribution is -2.53. The summed E-state index contributed by atoms with van der Waals surface area (Å²) in [5.41, 5.74) is -0.0285. The summed E-state index contributed by atoms with van der Waals surface area (Å²) in [4.78, 5) is 12.6. The number of ether oxygens (including phenoxy) is 2. The highest BCUT2D eigenvalue weighted by molar-refractivity contribution is 6.69. The topological polar surface area (TPSA) is 127 Å². The Labute approximate surface area is 228 Å². The van der Waals surface area contributed by atoms with Gasteiger partial charge in [0, 0.05) is 30.9 Å². The third-order valence-corrected chi connectivity index (χ3v) is 7.52. The van der Waals surface area contributed by atoms with Crippen LogP contribution in [-0.2, 0) is 18.0 Å². The molecule has 3 aliphatic rings. The predicted molar refractivity (Wildman–Crippen MR) is 138 cm³/mol. The van der Waals surface area contributed by atoms with Gasteiger partial charge in [0.2, 0.25) is 5.95 Å². The number of pyridine rings is 1. The van der Waals surface area contributed by atoms with Crippen molar-refractivity contribution in [2.75, 3.05) is 18.5 Å². The molecule has 1 saturated heterocycles. The van der Waals surface area contributed by atoms with Gasteiger partial charge in [0.05, 0.1) is 31.7 Å². The molecule has 0 radical (unpaired) electrons. The molecule has 2 aliphatic heterocycles. The lowest BCUT2D eigenvalue weighted by Gasteiger charge is -2.53. The number of imidazole rings is 1. The minimum atomic E-state index is -4.58. The van der Waals surface area contributed by atoms with E-state index in [0.717, 1.165) is 17.0 Å². The molecule has 5 heterocycles. The van der Waals surface area contributed by atoms with Gasteiger partial charge in [0.1, 0.15) is 21.9 Å². The summed E-state index contributed by atoms with van der Waals surface area (Å²) in [6.07, 6.45) is 1.82. The fourth-order valence-corrected chi connectivity index (χ4v) is 5.39. The van der Waals surface area contributed by atoms with Gasteiger partial charge in [-0.05, 0) is 12.8 Å². The number of halogens is 5. The van der Waals surface area contributed by atoms with Crippen LogP contribution in [0.5, 0.6) is 5.75 Å². The fraction of sp³-hybridized carbons (Fsp3) is 0.348. The molecule has 39 heavy (non-hydrogen) atoms. The molecule has 3 N–H and O–H groups in total. The molecule has 3 aromatic rings. The van der Waals surface area contributed by atoms with Gasteiger partial charge in [-0.3, -0.25) is 4.68 Å². The van der Waals surface area contributed by atoms with E-state index in [-0.39, 0.29) is 56.3 Å². The lowest BCUT2D eigenvalue weighted by molar-refractivity contribution is -0.182. The molecule has 1 saturated carbocycles. The van der Waals surface area contributed by atoms with Crippen LogP contribution in [0, 0.1) is 10.8 Å². The zero-order valence-corrected chi connectivity index (χ0v) is 21.7. The summed E-state index contributed by atoms with van der Waals surface area (Å²) >= 11 is 12.7. The second-order valence-electron chi connectivity index (χ2n) is 9.51. The Kier molecular flexibility index (Phi) is 6.08. The number of nitrogens with one attached hydrogen (secondary N) is 3. The number of rotatable bonds is 6. The number of hydrogen-bond donors (Lipinski definition) is 3. The minimum Gasteiger partial charge on any atom is -0.450 e. The lowest BCUT2D eigenvalue weighted by atomic mass is 9.64. The van der Waals surface area contributed by atoms with Crippen molar-refractivity contribution < 1.29 is 22.6 Å². The summed E-state index contributed by atoms with van der Waals surface area (Å²) in [6, 6.07) is 0.604. The van der Waals surface area contributed by atoms with Crippen LogP contribution in [0.25, 0.3) is 11.2 Å². The quantitative estimate of drug-likeness (QED) is 0.279. The molecule has 2 fully saturated rings. The number of aryl methyl sites for hydroxylation is 1. The van der Waals surface area contributed by atoms with Crippen molar-refractivity contribution in [1.82, 2.24) is 29.6 Å². The normalized spacial score (nSPS) is 19.8. The Morgan fingerprint density at radius 2 is 2.10 bits per heavy atom. The molecular formula is C23H20Cl2F3N9O2. The highest BCUT2D eigenvalue weighted by Crippen LogP contribution is 2.54. The number of anilines is 2. The number of alkyl halides is 3. The molecule has 0 atom stereocenters. The van der Waals surface area contributed by atoms with Crippen molar-refractivity contribution in [2.24, 2.45) is 17.5 Å². The molecule has 16 heteroatoms. The van der Waals surface area contributed by atoms with Gasteiger partial charge in [0.15, 0.2) is 28.1 Å². The zero-order chi connectivity index (χ0) is 27.5. The third kappa shape index (κ3) is 4.41. The first kappa shape index (κ1) is 25.6. The molecule has 0 amide bonds. The SMILES string of the molecule is Cn1c(Nc2cc(C(F)(F)F)n(C3CC4(COC4)C3)n2)nc2ncc(O/C(C=N)=C3/NC=CN=C3Cl)c(Cl)c21. The van der Waals surface area contributed by atoms with Crippen LogP contribution in [0.15, 0.2) is 41.1 Å². The average Bonchev–Trinajstić information content (AvgIpc) is 3.39. The van der Waals surface area contributed by atoms with Crippen LogP contribution < -0.4 is 15.4 Å². The van der Waals surface area contributed by atoms with E-state index in [1.807, 2.05) is 0 Å². The third-order valence-electron chi connectivity index (χ3n) is 6.86. The van der Waals surface area contributed by atoms with Crippen molar-refractivity contribution >= 4 is 57.5 Å². The van der Waals surface area contributed by atoms with Crippen molar-refractivity contribution in [3.63, 3.8) is 0 Å². The van der Waals surface area contributed by atoms with Crippen LogP contribution in [0.2, 0.25) is 5.02 Å². The summed E-state index contributed by atoms with van der Waals surface area (Å²) in [6.45, 7) is 1.15. The van der Waals surface area contributed by atoms with E-state index in [4.69, 9.17) is 38.1 Å². The van der Waals surface area contributed by atoms with Crippen molar-refractivity contribution in [3.05, 3.63) is 46.8 Å². The number of aliphatic imine (C=N–C) groups is 1. The van der Waals surface area contributed by atoms with Crippen LogP contribution in [0.4, 0.5) is 24.9 Å². The first-order chi connectivity index (χ1) is 18.6. The van der Waals surface area contributed by atoms with Crippen LogP contribution in [-0.4, -0.2) is 48.9 Å². The van der Waals surface area contributed by atoms with Gasteiger partial charge in [-0.1, -0.05) is 23.2 Å². The standard InChI is InChI=1S/C23H20Cl2F3N9O2/c1-36-18-16(24)13(39-12(7-29)17-19(25)31-3-2-30-17)8-32-20(18)34-21(36)33-15-4-14(23(26,27)28)37(35-15)11-5-22(6-11)9-38-10-22/h2-4,7-8,11,29-30H,5-6,9-10H2,1H3,(H,32,33,34,35)/b17-12+,29-7?. The van der Waals surface area contributed by atoms with E-state index >= 15 is 0 Å². The Balaban J connectivity index is 1.30. The van der Waals surface area contributed by atoms with Crippen LogP contribution in [0.3, 0.4) is 0 Å². The second kappa shape index (κ2) is 9.24. The molecular weight excluding hydrogens is 562 g/mol. The summed E-state index contributed by atoms with van der Waals surface area (Å²) in [5, 5.41) is 17.9. The van der Waals surface area contributed by atoms with E-state index in [0.29, 0.717) is 31.6 Å². The number of allylic oxidation sites excluding steroid dienone is 2. The highest BCUT2D eigenvalue weighted by Gasteiger charge is 2.52. The van der Waals surface area contributed by atoms with Gasteiger partial charge in [-0.25, -0.2) is 9.98 Å². The van der Waals surface area contributed by atoms with Crippen molar-refractivity contribution in [1.29, 1.82) is 5.41 Å². The molecule has 11 nitrogen and oxygen atoms in total. The van der Waals surface area contributed by atoms with E-state index in [1.165, 1.54) is 23.2 Å².